The minimum Gasteiger partial charge on any atom is -0.378 e. The van der Waals surface area contributed by atoms with Gasteiger partial charge in [0, 0.05) is 13.1 Å². The minimum atomic E-state index is -0.444. The van der Waals surface area contributed by atoms with Gasteiger partial charge in [-0.25, -0.2) is 14.8 Å². The molecule has 0 bridgehead atoms. The van der Waals surface area contributed by atoms with Gasteiger partial charge in [0.1, 0.15) is 0 Å². The Morgan fingerprint density at radius 1 is 1.30 bits per heavy atom. The summed E-state index contributed by atoms with van der Waals surface area (Å²) in [6.45, 7) is 4.36. The summed E-state index contributed by atoms with van der Waals surface area (Å²) in [4.78, 5) is 9.97. The highest BCUT2D eigenvalue weighted by atomic mass is 19.1. The van der Waals surface area contributed by atoms with E-state index in [4.69, 9.17) is 4.74 Å². The van der Waals surface area contributed by atoms with Crippen molar-refractivity contribution in [1.29, 1.82) is 0 Å². The maximum absolute atomic E-state index is 13.9. The molecule has 0 spiro atoms. The highest BCUT2D eigenvalue weighted by Crippen LogP contribution is 2.18. The SMILES string of the molecule is Cc1ccccc1C=NNc1ncc(F)c(N2CCOCC2)n1. The third kappa shape index (κ3) is 3.81. The lowest BCUT2D eigenvalue weighted by Crippen LogP contribution is -2.37. The van der Waals surface area contributed by atoms with E-state index in [1.165, 1.54) is 0 Å². The maximum atomic E-state index is 13.9. The van der Waals surface area contributed by atoms with Crippen molar-refractivity contribution >= 4 is 18.0 Å². The normalized spacial score (nSPS) is 15.1. The molecule has 1 aromatic carbocycles. The Morgan fingerprint density at radius 3 is 2.87 bits per heavy atom. The van der Waals surface area contributed by atoms with Crippen molar-refractivity contribution in [3.63, 3.8) is 0 Å². The summed E-state index contributed by atoms with van der Waals surface area (Å²) in [5.74, 6) is 0.0925. The standard InChI is InChI=1S/C16H18FN5O/c1-12-4-2-3-5-13(12)10-19-21-16-18-11-14(17)15(20-16)22-6-8-23-9-7-22/h2-5,10-11H,6-9H2,1H3,(H,18,20,21). The van der Waals surface area contributed by atoms with Crippen LogP contribution in [0.15, 0.2) is 35.6 Å². The summed E-state index contributed by atoms with van der Waals surface area (Å²) >= 11 is 0. The van der Waals surface area contributed by atoms with E-state index in [-0.39, 0.29) is 11.8 Å². The van der Waals surface area contributed by atoms with Crippen LogP contribution in [-0.4, -0.2) is 42.5 Å². The highest BCUT2D eigenvalue weighted by molar-refractivity contribution is 5.81. The third-order valence-corrected chi connectivity index (χ3v) is 3.59. The smallest absolute Gasteiger partial charge is 0.245 e. The molecule has 6 nitrogen and oxygen atoms in total. The molecule has 1 aliphatic heterocycles. The average molecular weight is 315 g/mol. The Balaban J connectivity index is 1.72. The predicted molar refractivity (Wildman–Crippen MR) is 87.4 cm³/mol. The molecule has 120 valence electrons. The molecule has 0 atom stereocenters. The van der Waals surface area contributed by atoms with Gasteiger partial charge in [-0.1, -0.05) is 24.3 Å². The Bertz CT molecular complexity index is 701. The number of anilines is 2. The van der Waals surface area contributed by atoms with Crippen LogP contribution >= 0.6 is 0 Å². The number of hydrogen-bond acceptors (Lipinski definition) is 6. The first-order valence-electron chi connectivity index (χ1n) is 7.44. The number of hydrogen-bond donors (Lipinski definition) is 1. The molecule has 3 rings (SSSR count). The average Bonchev–Trinajstić information content (AvgIpc) is 2.59. The molecule has 2 heterocycles. The van der Waals surface area contributed by atoms with E-state index >= 15 is 0 Å². The molecule has 1 saturated heterocycles. The monoisotopic (exact) mass is 315 g/mol. The van der Waals surface area contributed by atoms with Crippen LogP contribution in [0, 0.1) is 12.7 Å². The number of morpholine rings is 1. The van der Waals surface area contributed by atoms with E-state index in [2.05, 4.69) is 20.5 Å². The van der Waals surface area contributed by atoms with Crippen LogP contribution in [0.25, 0.3) is 0 Å². The number of hydrazone groups is 1. The quantitative estimate of drug-likeness (QED) is 0.692. The first kappa shape index (κ1) is 15.4. The second-order valence-electron chi connectivity index (χ2n) is 5.19. The molecule has 0 unspecified atom stereocenters. The number of benzene rings is 1. The number of halogens is 1. The number of nitrogens with one attached hydrogen (secondary N) is 1. The topological polar surface area (TPSA) is 62.6 Å². The maximum Gasteiger partial charge on any atom is 0.245 e. The van der Waals surface area contributed by atoms with Gasteiger partial charge in [-0.15, -0.1) is 0 Å². The molecule has 2 aromatic rings. The fraction of sp³-hybridized carbons (Fsp3) is 0.312. The van der Waals surface area contributed by atoms with Gasteiger partial charge in [0.25, 0.3) is 0 Å². The summed E-state index contributed by atoms with van der Waals surface area (Å²) in [6, 6.07) is 7.88. The molecule has 1 aliphatic rings. The fourth-order valence-corrected chi connectivity index (χ4v) is 2.30. The van der Waals surface area contributed by atoms with Gasteiger partial charge in [-0.3, -0.25) is 0 Å². The summed E-state index contributed by atoms with van der Waals surface area (Å²) in [5, 5.41) is 4.12. The Kier molecular flexibility index (Phi) is 4.77. The molecule has 23 heavy (non-hydrogen) atoms. The lowest BCUT2D eigenvalue weighted by molar-refractivity contribution is 0.122. The van der Waals surface area contributed by atoms with E-state index in [9.17, 15) is 4.39 Å². The van der Waals surface area contributed by atoms with E-state index < -0.39 is 5.82 Å². The number of rotatable bonds is 4. The van der Waals surface area contributed by atoms with Gasteiger partial charge in [0.2, 0.25) is 5.95 Å². The molecule has 7 heteroatoms. The molecule has 1 aromatic heterocycles. The van der Waals surface area contributed by atoms with Crippen LogP contribution in [0.4, 0.5) is 16.2 Å². The first-order chi connectivity index (χ1) is 11.2. The molecule has 0 amide bonds. The number of nitrogens with zero attached hydrogens (tertiary/aromatic N) is 4. The fourth-order valence-electron chi connectivity index (χ4n) is 2.30. The molecule has 1 fully saturated rings. The van der Waals surface area contributed by atoms with Crippen LogP contribution in [0.1, 0.15) is 11.1 Å². The third-order valence-electron chi connectivity index (χ3n) is 3.59. The van der Waals surface area contributed by atoms with Crippen molar-refractivity contribution in [2.45, 2.75) is 6.92 Å². The zero-order valence-electron chi connectivity index (χ0n) is 12.9. The van der Waals surface area contributed by atoms with Crippen LogP contribution in [-0.2, 0) is 4.74 Å². The number of ether oxygens (including phenoxy) is 1. The van der Waals surface area contributed by atoms with Crippen molar-refractivity contribution in [2.75, 3.05) is 36.6 Å². The van der Waals surface area contributed by atoms with Crippen LogP contribution < -0.4 is 10.3 Å². The zero-order chi connectivity index (χ0) is 16.1. The molecule has 0 radical (unpaired) electrons. The van der Waals surface area contributed by atoms with E-state index in [0.29, 0.717) is 26.3 Å². The summed E-state index contributed by atoms with van der Waals surface area (Å²) < 4.78 is 19.2. The van der Waals surface area contributed by atoms with Crippen molar-refractivity contribution in [1.82, 2.24) is 9.97 Å². The van der Waals surface area contributed by atoms with Crippen molar-refractivity contribution in [3.8, 4) is 0 Å². The first-order valence-corrected chi connectivity index (χ1v) is 7.44. The molecular weight excluding hydrogens is 297 g/mol. The zero-order valence-corrected chi connectivity index (χ0v) is 12.9. The molecule has 0 aliphatic carbocycles. The largest absolute Gasteiger partial charge is 0.378 e. The number of aromatic nitrogens is 2. The second kappa shape index (κ2) is 7.15. The van der Waals surface area contributed by atoms with Crippen molar-refractivity contribution in [3.05, 3.63) is 47.4 Å². The van der Waals surface area contributed by atoms with E-state index in [1.807, 2.05) is 36.1 Å². The summed E-state index contributed by atoms with van der Waals surface area (Å²) in [6.07, 6.45) is 2.85. The Labute approximate surface area is 134 Å². The van der Waals surface area contributed by atoms with Crippen molar-refractivity contribution in [2.24, 2.45) is 5.10 Å². The van der Waals surface area contributed by atoms with Crippen molar-refractivity contribution < 1.29 is 9.13 Å². The highest BCUT2D eigenvalue weighted by Gasteiger charge is 2.17. The Morgan fingerprint density at radius 2 is 2.09 bits per heavy atom. The van der Waals surface area contributed by atoms with Gasteiger partial charge in [0.05, 0.1) is 25.6 Å². The lowest BCUT2D eigenvalue weighted by atomic mass is 10.1. The lowest BCUT2D eigenvalue weighted by Gasteiger charge is -2.27. The predicted octanol–water partition coefficient (Wildman–Crippen LogP) is 2.21. The summed E-state index contributed by atoms with van der Waals surface area (Å²) in [5.41, 5.74) is 4.86. The van der Waals surface area contributed by atoms with Gasteiger partial charge in [-0.05, 0) is 18.1 Å². The van der Waals surface area contributed by atoms with Gasteiger partial charge in [0.15, 0.2) is 11.6 Å². The second-order valence-corrected chi connectivity index (χ2v) is 5.19. The van der Waals surface area contributed by atoms with E-state index in [1.54, 1.807) is 6.21 Å². The van der Waals surface area contributed by atoms with Gasteiger partial charge >= 0.3 is 0 Å². The van der Waals surface area contributed by atoms with E-state index in [0.717, 1.165) is 17.3 Å². The van der Waals surface area contributed by atoms with Crippen LogP contribution in [0.2, 0.25) is 0 Å². The van der Waals surface area contributed by atoms with Gasteiger partial charge < -0.3 is 9.64 Å². The minimum absolute atomic E-state index is 0.262. The van der Waals surface area contributed by atoms with Crippen LogP contribution in [0.5, 0.6) is 0 Å². The summed E-state index contributed by atoms with van der Waals surface area (Å²) in [7, 11) is 0. The molecule has 1 N–H and O–H groups in total. The Hall–Kier alpha value is -2.54. The number of aryl methyl sites for hydroxylation is 1. The molecular formula is C16H18FN5O. The molecule has 0 saturated carbocycles. The van der Waals surface area contributed by atoms with Crippen LogP contribution in [0.3, 0.4) is 0 Å². The van der Waals surface area contributed by atoms with Gasteiger partial charge in [-0.2, -0.15) is 10.1 Å².